The first-order valence-corrected chi connectivity index (χ1v) is 10.0. The molecule has 0 aliphatic heterocycles. The second-order valence-electron chi connectivity index (χ2n) is 5.58. The van der Waals surface area contributed by atoms with Gasteiger partial charge in [0.2, 0.25) is 6.29 Å². The molecule has 0 heterocycles. The smallest absolute Gasteiger partial charge is 0.394 e. The number of para-hydroxylation sites is 1. The lowest BCUT2D eigenvalue weighted by Gasteiger charge is -2.15. The molecule has 7 nitrogen and oxygen atoms in total. The summed E-state index contributed by atoms with van der Waals surface area (Å²) in [5, 5.41) is 0. The summed E-state index contributed by atoms with van der Waals surface area (Å²) in [6, 6.07) is 9.73. The topological polar surface area (TPSA) is 105 Å². The van der Waals surface area contributed by atoms with E-state index in [4.69, 9.17) is 27.1 Å². The number of hydrogen-bond acceptors (Lipinski definition) is 5. The van der Waals surface area contributed by atoms with E-state index in [0.29, 0.717) is 0 Å². The van der Waals surface area contributed by atoms with E-state index in [1.165, 1.54) is 38.5 Å². The third-order valence-electron chi connectivity index (χ3n) is 3.18. The van der Waals surface area contributed by atoms with E-state index in [-0.39, 0.29) is 6.29 Å². The first-order chi connectivity index (χ1) is 11.8. The van der Waals surface area contributed by atoms with Crippen LogP contribution in [0.4, 0.5) is 0 Å². The van der Waals surface area contributed by atoms with Gasteiger partial charge in [-0.15, -0.1) is 0 Å². The van der Waals surface area contributed by atoms with Crippen molar-refractivity contribution in [3.63, 3.8) is 0 Å². The molecule has 0 amide bonds. The molecule has 0 aliphatic carbocycles. The lowest BCUT2D eigenvalue weighted by atomic mass is 10.1. The maximum Gasteiger partial charge on any atom is 0.394 e. The van der Waals surface area contributed by atoms with Crippen LogP contribution in [0.25, 0.3) is 0 Å². The fourth-order valence-corrected chi connectivity index (χ4v) is 2.05. The number of unbranched alkanes of at least 4 members (excludes halogenated alkanes) is 6. The zero-order valence-corrected chi connectivity index (χ0v) is 15.9. The Balaban J connectivity index is 0.00000101. The van der Waals surface area contributed by atoms with E-state index in [1.54, 1.807) is 0 Å². The fourth-order valence-electron chi connectivity index (χ4n) is 2.05. The van der Waals surface area contributed by atoms with E-state index in [1.807, 2.05) is 37.3 Å². The van der Waals surface area contributed by atoms with Gasteiger partial charge in [0.25, 0.3) is 0 Å². The normalized spacial score (nSPS) is 12.2. The van der Waals surface area contributed by atoms with E-state index in [2.05, 4.69) is 12.4 Å². The SMILES string of the molecule is CCCCCCCCCNOC(C)Oc1ccccc1.O=S(=O)(O)O. The Morgan fingerprint density at radius 2 is 1.52 bits per heavy atom. The molecule has 0 bridgehead atoms. The van der Waals surface area contributed by atoms with Crippen LogP contribution in [0.2, 0.25) is 0 Å². The monoisotopic (exact) mass is 377 g/mol. The zero-order valence-electron chi connectivity index (χ0n) is 15.1. The minimum absolute atomic E-state index is 0.276. The van der Waals surface area contributed by atoms with Crippen molar-refractivity contribution in [1.82, 2.24) is 5.48 Å². The highest BCUT2D eigenvalue weighted by Gasteiger charge is 2.02. The second kappa shape index (κ2) is 15.1. The van der Waals surface area contributed by atoms with Gasteiger partial charge in [-0.25, -0.2) is 0 Å². The lowest BCUT2D eigenvalue weighted by Crippen LogP contribution is -2.26. The molecule has 1 atom stereocenters. The summed E-state index contributed by atoms with van der Waals surface area (Å²) in [7, 11) is -4.67. The molecule has 0 aliphatic rings. The van der Waals surface area contributed by atoms with Crippen LogP contribution in [0.1, 0.15) is 58.8 Å². The molecular weight excluding hydrogens is 346 g/mol. The Hall–Kier alpha value is -1.19. The highest BCUT2D eigenvalue weighted by Crippen LogP contribution is 2.10. The van der Waals surface area contributed by atoms with Gasteiger partial charge in [-0.3, -0.25) is 13.9 Å². The third kappa shape index (κ3) is 20.8. The summed E-state index contributed by atoms with van der Waals surface area (Å²) in [6.07, 6.45) is 8.91. The van der Waals surface area contributed by atoms with E-state index >= 15 is 0 Å². The van der Waals surface area contributed by atoms with Gasteiger partial charge in [0.15, 0.2) is 0 Å². The molecule has 1 rings (SSSR count). The van der Waals surface area contributed by atoms with Crippen LogP contribution in [0, 0.1) is 0 Å². The highest BCUT2D eigenvalue weighted by molar-refractivity contribution is 7.79. The molecule has 0 aromatic heterocycles. The maximum absolute atomic E-state index is 8.74. The Kier molecular flexibility index (Phi) is 14.4. The van der Waals surface area contributed by atoms with Gasteiger partial charge in [0, 0.05) is 6.54 Å². The third-order valence-corrected chi connectivity index (χ3v) is 3.18. The van der Waals surface area contributed by atoms with Gasteiger partial charge in [0.05, 0.1) is 0 Å². The Bertz CT molecular complexity index is 501. The molecule has 0 spiro atoms. The molecular formula is C17H31NO6S. The molecule has 0 saturated carbocycles. The summed E-state index contributed by atoms with van der Waals surface area (Å²) < 4.78 is 37.2. The molecule has 1 aromatic rings. The van der Waals surface area contributed by atoms with Crippen molar-refractivity contribution in [2.75, 3.05) is 6.54 Å². The highest BCUT2D eigenvalue weighted by atomic mass is 32.3. The Morgan fingerprint density at radius 3 is 2.08 bits per heavy atom. The average Bonchev–Trinajstić information content (AvgIpc) is 2.53. The lowest BCUT2D eigenvalue weighted by molar-refractivity contribution is -0.118. The van der Waals surface area contributed by atoms with E-state index in [9.17, 15) is 0 Å². The van der Waals surface area contributed by atoms with Gasteiger partial charge >= 0.3 is 10.4 Å². The van der Waals surface area contributed by atoms with Crippen LogP contribution >= 0.6 is 0 Å². The minimum atomic E-state index is -4.67. The summed E-state index contributed by atoms with van der Waals surface area (Å²) >= 11 is 0. The van der Waals surface area contributed by atoms with Gasteiger partial charge in [-0.1, -0.05) is 63.6 Å². The van der Waals surface area contributed by atoms with Crippen LogP contribution in [0.5, 0.6) is 5.75 Å². The molecule has 0 saturated heterocycles. The predicted octanol–water partition coefficient (Wildman–Crippen LogP) is 4.03. The first-order valence-electron chi connectivity index (χ1n) is 8.63. The van der Waals surface area contributed by atoms with Crippen molar-refractivity contribution >= 4 is 10.4 Å². The number of ether oxygens (including phenoxy) is 1. The number of rotatable bonds is 12. The standard InChI is InChI=1S/C17H29NO2.H2O4S/c1-3-4-5-6-7-8-12-15-18-20-16(2)19-17-13-10-9-11-14-17;1-5(2,3)4/h9-11,13-14,16,18H,3-8,12,15H2,1-2H3;(H2,1,2,3,4). The van der Waals surface area contributed by atoms with Crippen LogP contribution in [0.3, 0.4) is 0 Å². The number of hydrogen-bond donors (Lipinski definition) is 3. The molecule has 146 valence electrons. The minimum Gasteiger partial charge on any atom is -0.464 e. The van der Waals surface area contributed by atoms with Crippen molar-refractivity contribution in [3.05, 3.63) is 30.3 Å². The molecule has 3 N–H and O–H groups in total. The Labute approximate surface area is 151 Å². The molecule has 25 heavy (non-hydrogen) atoms. The Morgan fingerprint density at radius 1 is 1.00 bits per heavy atom. The summed E-state index contributed by atoms with van der Waals surface area (Å²) in [5.41, 5.74) is 2.98. The fraction of sp³-hybridized carbons (Fsp3) is 0.647. The summed E-state index contributed by atoms with van der Waals surface area (Å²) in [6.45, 7) is 5.03. The quantitative estimate of drug-likeness (QED) is 0.218. The maximum atomic E-state index is 8.74. The first kappa shape index (κ1) is 23.8. The van der Waals surface area contributed by atoms with Gasteiger partial charge in [0.1, 0.15) is 5.75 Å². The van der Waals surface area contributed by atoms with Crippen LogP contribution in [-0.4, -0.2) is 30.4 Å². The molecule has 0 fully saturated rings. The summed E-state index contributed by atoms with van der Waals surface area (Å²) in [5.74, 6) is 0.831. The molecule has 1 aromatic carbocycles. The zero-order chi connectivity index (χ0) is 19.0. The van der Waals surface area contributed by atoms with Gasteiger partial charge in [-0.05, 0) is 25.5 Å². The van der Waals surface area contributed by atoms with Crippen molar-refractivity contribution in [2.45, 2.75) is 65.1 Å². The van der Waals surface area contributed by atoms with Gasteiger partial charge in [-0.2, -0.15) is 13.9 Å². The van der Waals surface area contributed by atoms with Crippen molar-refractivity contribution < 1.29 is 27.1 Å². The van der Waals surface area contributed by atoms with Crippen LogP contribution < -0.4 is 10.2 Å². The average molecular weight is 378 g/mol. The van der Waals surface area contributed by atoms with Crippen molar-refractivity contribution in [3.8, 4) is 5.75 Å². The van der Waals surface area contributed by atoms with Crippen LogP contribution in [-0.2, 0) is 15.2 Å². The predicted molar refractivity (Wildman–Crippen MR) is 97.8 cm³/mol. The van der Waals surface area contributed by atoms with Crippen molar-refractivity contribution in [2.24, 2.45) is 0 Å². The number of hydroxylamine groups is 1. The molecule has 0 radical (unpaired) electrons. The van der Waals surface area contributed by atoms with Gasteiger partial charge < -0.3 is 4.74 Å². The molecule has 1 unspecified atom stereocenters. The van der Waals surface area contributed by atoms with Crippen LogP contribution in [0.15, 0.2) is 30.3 Å². The number of benzene rings is 1. The van der Waals surface area contributed by atoms with E-state index in [0.717, 1.165) is 18.7 Å². The van der Waals surface area contributed by atoms with Crippen molar-refractivity contribution in [1.29, 1.82) is 0 Å². The number of nitrogens with one attached hydrogen (secondary N) is 1. The van der Waals surface area contributed by atoms with E-state index < -0.39 is 10.4 Å². The summed E-state index contributed by atoms with van der Waals surface area (Å²) in [4.78, 5) is 5.42. The second-order valence-corrected chi connectivity index (χ2v) is 6.48. The molecule has 8 heteroatoms. The largest absolute Gasteiger partial charge is 0.464 e.